The van der Waals surface area contributed by atoms with E-state index in [1.165, 1.54) is 0 Å². The van der Waals surface area contributed by atoms with E-state index in [-0.39, 0.29) is 18.4 Å². The van der Waals surface area contributed by atoms with E-state index in [1.807, 2.05) is 51.1 Å². The SMILES string of the molecule is Cc1ccccc1C(=O)NCC(=O)Nc1cccc(C)c1C. The van der Waals surface area contributed by atoms with E-state index in [4.69, 9.17) is 0 Å². The summed E-state index contributed by atoms with van der Waals surface area (Å²) in [5.41, 5.74) is 4.38. The van der Waals surface area contributed by atoms with E-state index in [1.54, 1.807) is 12.1 Å². The van der Waals surface area contributed by atoms with Gasteiger partial charge in [0.15, 0.2) is 0 Å². The minimum atomic E-state index is -0.241. The van der Waals surface area contributed by atoms with Crippen molar-refractivity contribution in [1.82, 2.24) is 5.32 Å². The lowest BCUT2D eigenvalue weighted by Crippen LogP contribution is -2.33. The Kier molecular flexibility index (Phi) is 4.94. The van der Waals surface area contributed by atoms with Gasteiger partial charge in [-0.3, -0.25) is 9.59 Å². The summed E-state index contributed by atoms with van der Waals surface area (Å²) in [6.45, 7) is 5.76. The summed E-state index contributed by atoms with van der Waals surface area (Å²) in [6.07, 6.45) is 0. The molecule has 0 unspecified atom stereocenters. The van der Waals surface area contributed by atoms with E-state index < -0.39 is 0 Å². The lowest BCUT2D eigenvalue weighted by Gasteiger charge is -2.11. The summed E-state index contributed by atoms with van der Waals surface area (Å²) in [6, 6.07) is 13.0. The Morgan fingerprint density at radius 1 is 0.909 bits per heavy atom. The third kappa shape index (κ3) is 3.73. The van der Waals surface area contributed by atoms with Gasteiger partial charge in [0.05, 0.1) is 6.54 Å². The molecule has 0 aliphatic rings. The van der Waals surface area contributed by atoms with Gasteiger partial charge in [0.25, 0.3) is 5.91 Å². The van der Waals surface area contributed by atoms with Crippen LogP contribution in [0.25, 0.3) is 0 Å². The Morgan fingerprint density at radius 3 is 2.32 bits per heavy atom. The maximum Gasteiger partial charge on any atom is 0.251 e. The molecule has 0 saturated carbocycles. The molecule has 4 nitrogen and oxygen atoms in total. The number of nitrogens with one attached hydrogen (secondary N) is 2. The van der Waals surface area contributed by atoms with Crippen molar-refractivity contribution in [3.63, 3.8) is 0 Å². The minimum Gasteiger partial charge on any atom is -0.343 e. The van der Waals surface area contributed by atoms with Crippen LogP contribution in [-0.4, -0.2) is 18.4 Å². The minimum absolute atomic E-state index is 0.0550. The molecule has 2 amide bonds. The van der Waals surface area contributed by atoms with Crippen molar-refractivity contribution in [2.24, 2.45) is 0 Å². The zero-order valence-electron chi connectivity index (χ0n) is 13.1. The molecular formula is C18H20N2O2. The molecule has 0 radical (unpaired) electrons. The summed E-state index contributed by atoms with van der Waals surface area (Å²) in [7, 11) is 0. The molecule has 0 heterocycles. The number of aryl methyl sites for hydroxylation is 2. The van der Waals surface area contributed by atoms with Crippen molar-refractivity contribution >= 4 is 17.5 Å². The van der Waals surface area contributed by atoms with Crippen molar-refractivity contribution in [3.8, 4) is 0 Å². The van der Waals surface area contributed by atoms with Crippen LogP contribution >= 0.6 is 0 Å². The lowest BCUT2D eigenvalue weighted by molar-refractivity contribution is -0.115. The highest BCUT2D eigenvalue weighted by atomic mass is 16.2. The molecule has 0 aliphatic heterocycles. The Bertz CT molecular complexity index is 708. The molecule has 2 N–H and O–H groups in total. The fourth-order valence-electron chi connectivity index (χ4n) is 2.16. The van der Waals surface area contributed by atoms with E-state index in [0.29, 0.717) is 5.56 Å². The van der Waals surface area contributed by atoms with Gasteiger partial charge in [-0.15, -0.1) is 0 Å². The molecule has 0 aliphatic carbocycles. The number of hydrogen-bond donors (Lipinski definition) is 2. The highest BCUT2D eigenvalue weighted by Crippen LogP contribution is 2.17. The van der Waals surface area contributed by atoms with Crippen LogP contribution in [0.4, 0.5) is 5.69 Å². The predicted octanol–water partition coefficient (Wildman–Crippen LogP) is 2.98. The number of hydrogen-bond acceptors (Lipinski definition) is 2. The lowest BCUT2D eigenvalue weighted by atomic mass is 10.1. The molecule has 0 aromatic heterocycles. The molecule has 22 heavy (non-hydrogen) atoms. The van der Waals surface area contributed by atoms with Gasteiger partial charge in [0.1, 0.15) is 0 Å². The molecule has 4 heteroatoms. The first-order chi connectivity index (χ1) is 10.5. The molecular weight excluding hydrogens is 276 g/mol. The number of carbonyl (C=O) groups excluding carboxylic acids is 2. The van der Waals surface area contributed by atoms with Gasteiger partial charge in [0, 0.05) is 11.3 Å². The van der Waals surface area contributed by atoms with Crippen molar-refractivity contribution < 1.29 is 9.59 Å². The van der Waals surface area contributed by atoms with Gasteiger partial charge in [0.2, 0.25) is 5.91 Å². The molecule has 0 spiro atoms. The van der Waals surface area contributed by atoms with Crippen LogP contribution in [0.15, 0.2) is 42.5 Å². The Balaban J connectivity index is 1.95. The molecule has 0 saturated heterocycles. The summed E-state index contributed by atoms with van der Waals surface area (Å²) in [4.78, 5) is 24.0. The van der Waals surface area contributed by atoms with Crippen molar-refractivity contribution in [3.05, 3.63) is 64.7 Å². The average Bonchev–Trinajstić information content (AvgIpc) is 2.50. The largest absolute Gasteiger partial charge is 0.343 e. The standard InChI is InChI=1S/C18H20N2O2/c1-12-8-6-10-16(14(12)3)20-17(21)11-19-18(22)15-9-5-4-7-13(15)2/h4-10H,11H2,1-3H3,(H,19,22)(H,20,21). The summed E-state index contributed by atoms with van der Waals surface area (Å²) < 4.78 is 0. The van der Waals surface area contributed by atoms with Crippen molar-refractivity contribution in [2.45, 2.75) is 20.8 Å². The van der Waals surface area contributed by atoms with Crippen molar-refractivity contribution in [1.29, 1.82) is 0 Å². The molecule has 0 bridgehead atoms. The van der Waals surface area contributed by atoms with Gasteiger partial charge in [-0.05, 0) is 49.6 Å². The Hall–Kier alpha value is -2.62. The Labute approximate surface area is 130 Å². The first-order valence-electron chi connectivity index (χ1n) is 7.19. The second kappa shape index (κ2) is 6.89. The van der Waals surface area contributed by atoms with Gasteiger partial charge < -0.3 is 10.6 Å². The summed E-state index contributed by atoms with van der Waals surface area (Å²) >= 11 is 0. The topological polar surface area (TPSA) is 58.2 Å². The molecule has 114 valence electrons. The fourth-order valence-corrected chi connectivity index (χ4v) is 2.16. The second-order valence-electron chi connectivity index (χ2n) is 5.29. The van der Waals surface area contributed by atoms with E-state index >= 15 is 0 Å². The third-order valence-corrected chi connectivity index (χ3v) is 3.68. The van der Waals surface area contributed by atoms with Crippen LogP contribution in [0.3, 0.4) is 0 Å². The van der Waals surface area contributed by atoms with Gasteiger partial charge >= 0.3 is 0 Å². The number of anilines is 1. The quantitative estimate of drug-likeness (QED) is 0.911. The van der Waals surface area contributed by atoms with E-state index in [9.17, 15) is 9.59 Å². The van der Waals surface area contributed by atoms with Crippen LogP contribution in [0.2, 0.25) is 0 Å². The zero-order valence-corrected chi connectivity index (χ0v) is 13.1. The third-order valence-electron chi connectivity index (χ3n) is 3.68. The van der Waals surface area contributed by atoms with Crippen LogP contribution in [0.1, 0.15) is 27.0 Å². The first kappa shape index (κ1) is 15.8. The Morgan fingerprint density at radius 2 is 1.59 bits per heavy atom. The average molecular weight is 296 g/mol. The van der Waals surface area contributed by atoms with Gasteiger partial charge in [-0.2, -0.15) is 0 Å². The van der Waals surface area contributed by atoms with E-state index in [2.05, 4.69) is 10.6 Å². The molecule has 2 aromatic rings. The number of rotatable bonds is 4. The predicted molar refractivity (Wildman–Crippen MR) is 88.1 cm³/mol. The monoisotopic (exact) mass is 296 g/mol. The van der Waals surface area contributed by atoms with Crippen LogP contribution in [0, 0.1) is 20.8 Å². The fraction of sp³-hybridized carbons (Fsp3) is 0.222. The van der Waals surface area contributed by atoms with E-state index in [0.717, 1.165) is 22.4 Å². The highest BCUT2D eigenvalue weighted by molar-refractivity contribution is 6.00. The molecule has 2 aromatic carbocycles. The maximum atomic E-state index is 12.1. The first-order valence-corrected chi connectivity index (χ1v) is 7.19. The smallest absolute Gasteiger partial charge is 0.251 e. The number of amides is 2. The molecule has 0 atom stereocenters. The van der Waals surface area contributed by atoms with Crippen LogP contribution in [-0.2, 0) is 4.79 Å². The normalized spacial score (nSPS) is 10.1. The van der Waals surface area contributed by atoms with Crippen LogP contribution < -0.4 is 10.6 Å². The summed E-state index contributed by atoms with van der Waals surface area (Å²) in [5.74, 6) is -0.482. The second-order valence-corrected chi connectivity index (χ2v) is 5.29. The van der Waals surface area contributed by atoms with Crippen LogP contribution in [0.5, 0.6) is 0 Å². The number of carbonyl (C=O) groups is 2. The highest BCUT2D eigenvalue weighted by Gasteiger charge is 2.11. The van der Waals surface area contributed by atoms with Gasteiger partial charge in [-0.1, -0.05) is 30.3 Å². The molecule has 2 rings (SSSR count). The summed E-state index contributed by atoms with van der Waals surface area (Å²) in [5, 5.41) is 5.46. The zero-order chi connectivity index (χ0) is 16.1. The number of benzene rings is 2. The van der Waals surface area contributed by atoms with Crippen molar-refractivity contribution in [2.75, 3.05) is 11.9 Å². The maximum absolute atomic E-state index is 12.1. The molecule has 0 fully saturated rings. The van der Waals surface area contributed by atoms with Gasteiger partial charge in [-0.25, -0.2) is 0 Å².